The topological polar surface area (TPSA) is 52.6 Å². The summed E-state index contributed by atoms with van der Waals surface area (Å²) in [7, 11) is 0. The summed E-state index contributed by atoms with van der Waals surface area (Å²) >= 11 is 0. The van der Waals surface area contributed by atoms with Crippen molar-refractivity contribution in [3.8, 4) is 11.5 Å². The van der Waals surface area contributed by atoms with Crippen LogP contribution in [0.25, 0.3) is 0 Å². The first kappa shape index (κ1) is 17.2. The standard InChI is InChI=1S/C17H24O4/c1-10(2)13-7-8-14(20-16(18)11(3)4)15(9-13)21-17(19)12(5)6/h7-12H,1-6H3. The van der Waals surface area contributed by atoms with Crippen LogP contribution in [0.4, 0.5) is 0 Å². The summed E-state index contributed by atoms with van der Waals surface area (Å²) in [6, 6.07) is 5.31. The van der Waals surface area contributed by atoms with E-state index in [-0.39, 0.29) is 35.4 Å². The van der Waals surface area contributed by atoms with Crippen LogP contribution in [-0.2, 0) is 9.59 Å². The van der Waals surface area contributed by atoms with Gasteiger partial charge in [-0.2, -0.15) is 0 Å². The Hall–Kier alpha value is -1.84. The van der Waals surface area contributed by atoms with E-state index in [0.717, 1.165) is 5.56 Å². The maximum absolute atomic E-state index is 11.8. The average molecular weight is 292 g/mol. The van der Waals surface area contributed by atoms with Gasteiger partial charge in [0.05, 0.1) is 11.8 Å². The van der Waals surface area contributed by atoms with Crippen molar-refractivity contribution in [3.63, 3.8) is 0 Å². The average Bonchev–Trinajstić information content (AvgIpc) is 2.39. The highest BCUT2D eigenvalue weighted by molar-refractivity contribution is 5.78. The molecule has 0 aromatic heterocycles. The summed E-state index contributed by atoms with van der Waals surface area (Å²) in [5.41, 5.74) is 1.02. The van der Waals surface area contributed by atoms with Crippen LogP contribution in [0, 0.1) is 11.8 Å². The number of hydrogen-bond donors (Lipinski definition) is 0. The molecule has 0 fully saturated rings. The number of hydrogen-bond acceptors (Lipinski definition) is 4. The third-order valence-corrected chi connectivity index (χ3v) is 3.00. The van der Waals surface area contributed by atoms with Crippen molar-refractivity contribution in [2.24, 2.45) is 11.8 Å². The minimum atomic E-state index is -0.353. The van der Waals surface area contributed by atoms with Gasteiger partial charge in [-0.05, 0) is 23.6 Å². The van der Waals surface area contributed by atoms with Crippen LogP contribution in [0.1, 0.15) is 53.0 Å². The Kier molecular flexibility index (Phi) is 5.94. The summed E-state index contributed by atoms with van der Waals surface area (Å²) < 4.78 is 10.7. The first-order chi connectivity index (χ1) is 9.72. The molecule has 0 heterocycles. The van der Waals surface area contributed by atoms with E-state index in [0.29, 0.717) is 5.75 Å². The first-order valence-corrected chi connectivity index (χ1v) is 7.29. The van der Waals surface area contributed by atoms with Crippen LogP contribution in [0.5, 0.6) is 11.5 Å². The van der Waals surface area contributed by atoms with Crippen molar-refractivity contribution in [3.05, 3.63) is 23.8 Å². The summed E-state index contributed by atoms with van der Waals surface area (Å²) in [5, 5.41) is 0. The molecule has 0 saturated carbocycles. The lowest BCUT2D eigenvalue weighted by Gasteiger charge is -2.15. The van der Waals surface area contributed by atoms with Crippen LogP contribution in [0.3, 0.4) is 0 Å². The molecule has 0 unspecified atom stereocenters. The molecule has 4 heteroatoms. The third-order valence-electron chi connectivity index (χ3n) is 3.00. The minimum Gasteiger partial charge on any atom is -0.422 e. The molecule has 116 valence electrons. The highest BCUT2D eigenvalue weighted by Gasteiger charge is 2.18. The molecule has 0 amide bonds. The van der Waals surface area contributed by atoms with E-state index >= 15 is 0 Å². The van der Waals surface area contributed by atoms with Crippen molar-refractivity contribution in [2.75, 3.05) is 0 Å². The maximum Gasteiger partial charge on any atom is 0.313 e. The van der Waals surface area contributed by atoms with Gasteiger partial charge in [0.2, 0.25) is 0 Å². The van der Waals surface area contributed by atoms with Gasteiger partial charge in [0, 0.05) is 0 Å². The van der Waals surface area contributed by atoms with E-state index in [1.165, 1.54) is 0 Å². The highest BCUT2D eigenvalue weighted by atomic mass is 16.6. The number of benzene rings is 1. The minimum absolute atomic E-state index is 0.247. The molecule has 0 N–H and O–H groups in total. The van der Waals surface area contributed by atoms with Crippen LogP contribution in [0.2, 0.25) is 0 Å². The molecule has 1 rings (SSSR count). The predicted octanol–water partition coefficient (Wildman–Crippen LogP) is 3.93. The summed E-state index contributed by atoms with van der Waals surface area (Å²) in [5.74, 6) is -0.325. The van der Waals surface area contributed by atoms with Crippen molar-refractivity contribution in [1.82, 2.24) is 0 Å². The van der Waals surface area contributed by atoms with E-state index in [9.17, 15) is 9.59 Å². The predicted molar refractivity (Wildman–Crippen MR) is 81.5 cm³/mol. The maximum atomic E-state index is 11.8. The second-order valence-corrected chi connectivity index (χ2v) is 6.01. The van der Waals surface area contributed by atoms with Gasteiger partial charge in [-0.15, -0.1) is 0 Å². The Balaban J connectivity index is 3.11. The Labute approximate surface area is 126 Å². The molecule has 0 radical (unpaired) electrons. The largest absolute Gasteiger partial charge is 0.422 e. The lowest BCUT2D eigenvalue weighted by atomic mass is 10.0. The molecule has 1 aromatic carbocycles. The van der Waals surface area contributed by atoms with Gasteiger partial charge in [-0.3, -0.25) is 9.59 Å². The number of rotatable bonds is 5. The van der Waals surface area contributed by atoms with Crippen LogP contribution < -0.4 is 9.47 Å². The fraction of sp³-hybridized carbons (Fsp3) is 0.529. The molecule has 4 nitrogen and oxygen atoms in total. The van der Waals surface area contributed by atoms with Gasteiger partial charge in [0.15, 0.2) is 11.5 Å². The fourth-order valence-corrected chi connectivity index (χ4v) is 1.50. The molecular weight excluding hydrogens is 268 g/mol. The fourth-order valence-electron chi connectivity index (χ4n) is 1.50. The quantitative estimate of drug-likeness (QED) is 0.609. The molecule has 0 aliphatic rings. The SMILES string of the molecule is CC(C)C(=O)Oc1ccc(C(C)C)cc1OC(=O)C(C)C. The summed E-state index contributed by atoms with van der Waals surface area (Å²) in [4.78, 5) is 23.5. The molecule has 21 heavy (non-hydrogen) atoms. The van der Waals surface area contributed by atoms with Crippen molar-refractivity contribution in [2.45, 2.75) is 47.5 Å². The molecular formula is C17H24O4. The van der Waals surface area contributed by atoms with E-state index in [2.05, 4.69) is 0 Å². The molecule has 0 spiro atoms. The second kappa shape index (κ2) is 7.25. The third kappa shape index (κ3) is 4.88. The van der Waals surface area contributed by atoms with E-state index in [4.69, 9.17) is 9.47 Å². The molecule has 0 atom stereocenters. The van der Waals surface area contributed by atoms with Gasteiger partial charge >= 0.3 is 11.9 Å². The van der Waals surface area contributed by atoms with Gasteiger partial charge in [0.25, 0.3) is 0 Å². The summed E-state index contributed by atoms with van der Waals surface area (Å²) in [6.07, 6.45) is 0. The van der Waals surface area contributed by atoms with Gasteiger partial charge in [-0.1, -0.05) is 47.6 Å². The van der Waals surface area contributed by atoms with Crippen LogP contribution in [0.15, 0.2) is 18.2 Å². The Bertz CT molecular complexity index is 516. The summed E-state index contributed by atoms with van der Waals surface area (Å²) in [6.45, 7) is 11.1. The van der Waals surface area contributed by atoms with E-state index < -0.39 is 0 Å². The van der Waals surface area contributed by atoms with Gasteiger partial charge < -0.3 is 9.47 Å². The lowest BCUT2D eigenvalue weighted by molar-refractivity contribution is -0.140. The zero-order valence-electron chi connectivity index (χ0n) is 13.6. The smallest absolute Gasteiger partial charge is 0.313 e. The molecule has 0 aliphatic heterocycles. The van der Waals surface area contributed by atoms with Crippen molar-refractivity contribution < 1.29 is 19.1 Å². The number of carbonyl (C=O) groups excluding carboxylic acids is 2. The lowest BCUT2D eigenvalue weighted by Crippen LogP contribution is -2.18. The Morgan fingerprint density at radius 1 is 0.810 bits per heavy atom. The van der Waals surface area contributed by atoms with Crippen LogP contribution >= 0.6 is 0 Å². The highest BCUT2D eigenvalue weighted by Crippen LogP contribution is 2.32. The number of carbonyl (C=O) groups is 2. The van der Waals surface area contributed by atoms with Crippen molar-refractivity contribution in [1.29, 1.82) is 0 Å². The molecule has 1 aromatic rings. The molecule has 0 bridgehead atoms. The zero-order chi connectivity index (χ0) is 16.2. The molecule has 0 aliphatic carbocycles. The number of ether oxygens (including phenoxy) is 2. The van der Waals surface area contributed by atoms with E-state index in [1.807, 2.05) is 19.9 Å². The van der Waals surface area contributed by atoms with Gasteiger partial charge in [0.1, 0.15) is 0 Å². The van der Waals surface area contributed by atoms with Gasteiger partial charge in [-0.25, -0.2) is 0 Å². The Morgan fingerprint density at radius 3 is 1.71 bits per heavy atom. The van der Waals surface area contributed by atoms with Crippen molar-refractivity contribution >= 4 is 11.9 Å². The van der Waals surface area contributed by atoms with Crippen LogP contribution in [-0.4, -0.2) is 11.9 Å². The van der Waals surface area contributed by atoms with E-state index in [1.54, 1.807) is 39.8 Å². The second-order valence-electron chi connectivity index (χ2n) is 6.01. The monoisotopic (exact) mass is 292 g/mol. The first-order valence-electron chi connectivity index (χ1n) is 7.29. The normalized spacial score (nSPS) is 11.1. The molecule has 0 saturated heterocycles. The zero-order valence-corrected chi connectivity index (χ0v) is 13.6. The number of esters is 2. The Morgan fingerprint density at radius 2 is 1.29 bits per heavy atom.